The Morgan fingerprint density at radius 1 is 1.11 bits per heavy atom. The summed E-state index contributed by atoms with van der Waals surface area (Å²) in [5.41, 5.74) is 9.05. The fourth-order valence-electron chi connectivity index (χ4n) is 5.04. The number of fused-ring (bicyclic) bond motifs is 1. The highest BCUT2D eigenvalue weighted by molar-refractivity contribution is 5.88. The van der Waals surface area contributed by atoms with Crippen molar-refractivity contribution >= 4 is 22.7 Å². The maximum atomic E-state index is 14.3. The Labute approximate surface area is 273 Å². The first-order valence-corrected chi connectivity index (χ1v) is 15.1. The summed E-state index contributed by atoms with van der Waals surface area (Å²) in [6, 6.07) is 18.1. The summed E-state index contributed by atoms with van der Waals surface area (Å²) in [6.45, 7) is 9.49. The highest BCUT2D eigenvalue weighted by Crippen LogP contribution is 2.25. The van der Waals surface area contributed by atoms with Gasteiger partial charge < -0.3 is 15.6 Å². The largest absolute Gasteiger partial charge is 0.491 e. The van der Waals surface area contributed by atoms with Crippen molar-refractivity contribution in [3.63, 3.8) is 0 Å². The van der Waals surface area contributed by atoms with Crippen LogP contribution in [-0.4, -0.2) is 35.5 Å². The number of rotatable bonds is 10. The van der Waals surface area contributed by atoms with Crippen LogP contribution in [0.3, 0.4) is 0 Å². The molecule has 47 heavy (non-hydrogen) atoms. The second-order valence-corrected chi connectivity index (χ2v) is 11.1. The number of allylic oxidation sites excluding steroid dienone is 3. The van der Waals surface area contributed by atoms with Crippen LogP contribution in [0.2, 0.25) is 0 Å². The number of nitrogens with one attached hydrogen (secondary N) is 1. The lowest BCUT2D eigenvalue weighted by Crippen LogP contribution is -2.31. The molecule has 0 radical (unpaired) electrons. The minimum atomic E-state index is -1.29. The molecule has 2 aromatic carbocycles. The molecule has 0 bridgehead atoms. The normalized spacial score (nSPS) is 13.0. The number of para-hydroxylation sites is 1. The molecule has 0 saturated heterocycles. The number of ether oxygens (including phenoxy) is 1. The second-order valence-electron chi connectivity index (χ2n) is 11.1. The Morgan fingerprint density at radius 2 is 1.89 bits per heavy atom. The molecule has 10 nitrogen and oxygen atoms in total. The van der Waals surface area contributed by atoms with Crippen LogP contribution in [0.25, 0.3) is 22.5 Å². The van der Waals surface area contributed by atoms with E-state index >= 15 is 0 Å². The number of aliphatic hydroxyl groups excluding tert-OH is 1. The number of anilines is 1. The number of pyridine rings is 1. The predicted octanol–water partition coefficient (Wildman–Crippen LogP) is 5.35. The number of hydrogen-bond acceptors (Lipinski definition) is 8. The van der Waals surface area contributed by atoms with Crippen molar-refractivity contribution in [2.45, 2.75) is 39.1 Å². The molecular weight excluding hydrogens is 590 g/mol. The molecule has 0 aliphatic heterocycles. The average Bonchev–Trinajstić information content (AvgIpc) is 3.48. The van der Waals surface area contributed by atoms with E-state index in [-0.39, 0.29) is 23.2 Å². The molecule has 1 unspecified atom stereocenters. The number of nitrogen functional groups attached to an aromatic ring is 1. The van der Waals surface area contributed by atoms with Crippen molar-refractivity contribution in [1.29, 1.82) is 0 Å². The lowest BCUT2D eigenvalue weighted by Gasteiger charge is -2.24. The van der Waals surface area contributed by atoms with Crippen LogP contribution in [0, 0.1) is 11.8 Å². The van der Waals surface area contributed by atoms with Gasteiger partial charge in [0, 0.05) is 36.2 Å². The topological polar surface area (TPSA) is 133 Å². The molecule has 0 fully saturated rings. The van der Waals surface area contributed by atoms with E-state index in [0.717, 1.165) is 0 Å². The Kier molecular flexibility index (Phi) is 10.1. The van der Waals surface area contributed by atoms with E-state index in [1.54, 1.807) is 33.6 Å². The van der Waals surface area contributed by atoms with Gasteiger partial charge in [-0.25, -0.2) is 9.97 Å². The van der Waals surface area contributed by atoms with Crippen molar-refractivity contribution in [3.05, 3.63) is 142 Å². The minimum Gasteiger partial charge on any atom is -0.491 e. The van der Waals surface area contributed by atoms with E-state index in [0.29, 0.717) is 44.9 Å². The summed E-state index contributed by atoms with van der Waals surface area (Å²) < 4.78 is 8.98. The van der Waals surface area contributed by atoms with Gasteiger partial charge in [0.25, 0.3) is 5.56 Å². The number of aliphatic hydroxyl groups is 1. The van der Waals surface area contributed by atoms with Gasteiger partial charge in [0.05, 0.1) is 23.4 Å². The molecule has 0 aliphatic rings. The van der Waals surface area contributed by atoms with Gasteiger partial charge in [-0.3, -0.25) is 19.4 Å². The van der Waals surface area contributed by atoms with Gasteiger partial charge in [-0.2, -0.15) is 5.10 Å². The molecule has 2 atom stereocenters. The summed E-state index contributed by atoms with van der Waals surface area (Å²) in [5, 5.41) is 20.0. The van der Waals surface area contributed by atoms with Gasteiger partial charge in [-0.1, -0.05) is 48.9 Å². The Hall–Kier alpha value is -5.76. The summed E-state index contributed by atoms with van der Waals surface area (Å²) in [5.74, 6) is 6.89. The molecule has 0 amide bonds. The van der Waals surface area contributed by atoms with E-state index < -0.39 is 12.3 Å². The first-order chi connectivity index (χ1) is 22.6. The summed E-state index contributed by atoms with van der Waals surface area (Å²) in [7, 11) is 1.83. The van der Waals surface area contributed by atoms with Gasteiger partial charge in [0.2, 0.25) is 0 Å². The molecule has 10 heteroatoms. The van der Waals surface area contributed by atoms with Crippen molar-refractivity contribution in [2.75, 3.05) is 5.73 Å². The molecule has 3 heterocycles. The molecular formula is C37H37N7O3. The first-order valence-electron chi connectivity index (χ1n) is 15.1. The van der Waals surface area contributed by atoms with Crippen molar-refractivity contribution < 1.29 is 9.84 Å². The van der Waals surface area contributed by atoms with Gasteiger partial charge in [0.1, 0.15) is 23.0 Å². The molecule has 238 valence electrons. The third-order valence-electron chi connectivity index (χ3n) is 7.19. The van der Waals surface area contributed by atoms with Gasteiger partial charge in [0.15, 0.2) is 6.23 Å². The van der Waals surface area contributed by atoms with Crippen molar-refractivity contribution in [2.24, 2.45) is 7.05 Å². The van der Waals surface area contributed by atoms with Crippen LogP contribution >= 0.6 is 0 Å². The average molecular weight is 628 g/mol. The van der Waals surface area contributed by atoms with Crippen LogP contribution in [0.15, 0.2) is 108 Å². The van der Waals surface area contributed by atoms with Crippen LogP contribution in [0.1, 0.15) is 61.4 Å². The molecule has 3 aromatic heterocycles. The van der Waals surface area contributed by atoms with Crippen LogP contribution < -0.4 is 16.6 Å². The van der Waals surface area contributed by atoms with Crippen molar-refractivity contribution in [3.8, 4) is 17.5 Å². The van der Waals surface area contributed by atoms with Crippen LogP contribution in [-0.2, 0) is 11.8 Å². The number of benzene rings is 2. The first kappa shape index (κ1) is 32.6. The van der Waals surface area contributed by atoms with Crippen molar-refractivity contribution in [1.82, 2.24) is 29.6 Å². The van der Waals surface area contributed by atoms with Gasteiger partial charge >= 0.3 is 0 Å². The monoisotopic (exact) mass is 627 g/mol. The summed E-state index contributed by atoms with van der Waals surface area (Å²) in [6.07, 6.45) is 8.92. The zero-order valence-electron chi connectivity index (χ0n) is 26.8. The summed E-state index contributed by atoms with van der Waals surface area (Å²) in [4.78, 5) is 23.1. The maximum Gasteiger partial charge on any atom is 0.264 e. The zero-order chi connectivity index (χ0) is 33.5. The summed E-state index contributed by atoms with van der Waals surface area (Å²) >= 11 is 0. The Morgan fingerprint density at radius 3 is 2.60 bits per heavy atom. The number of nitrogens with two attached hydrogens (primary N) is 1. The number of nitrogens with zero attached hydrogens (tertiary/aromatic N) is 5. The lowest BCUT2D eigenvalue weighted by atomic mass is 10.0. The fourth-order valence-corrected chi connectivity index (χ4v) is 5.04. The van der Waals surface area contributed by atoms with E-state index in [2.05, 4.69) is 38.8 Å². The molecule has 0 saturated carbocycles. The second kappa shape index (κ2) is 14.6. The Bertz CT molecular complexity index is 2080. The molecule has 0 spiro atoms. The lowest BCUT2D eigenvalue weighted by molar-refractivity contribution is 0.121. The highest BCUT2D eigenvalue weighted by Gasteiger charge is 2.22. The highest BCUT2D eigenvalue weighted by atomic mass is 16.5. The predicted molar refractivity (Wildman–Crippen MR) is 185 cm³/mol. The smallest absolute Gasteiger partial charge is 0.264 e. The third-order valence-corrected chi connectivity index (χ3v) is 7.19. The quantitative estimate of drug-likeness (QED) is 0.0818. The van der Waals surface area contributed by atoms with Gasteiger partial charge in [-0.05, 0) is 80.6 Å². The van der Waals surface area contributed by atoms with E-state index in [4.69, 9.17) is 10.5 Å². The Balaban J connectivity index is 1.50. The van der Waals surface area contributed by atoms with E-state index in [9.17, 15) is 9.90 Å². The van der Waals surface area contributed by atoms with Crippen LogP contribution in [0.5, 0.6) is 0 Å². The number of hydrogen-bond donors (Lipinski definition) is 3. The van der Waals surface area contributed by atoms with E-state index in [1.165, 1.54) is 6.20 Å². The zero-order valence-corrected chi connectivity index (χ0v) is 26.8. The molecule has 4 N–H and O–H groups in total. The number of aryl methyl sites for hydroxylation is 1. The number of aromatic nitrogens is 5. The fraction of sp³-hybridized carbons (Fsp3) is 0.189. The SMILES string of the molecule is C=C/C(=C\C=C\c1cnc(N)c(C(O)N[C@H](C)c2cc3cccc(C#Cc4ccn(C)n4)c3c(=O)n2-c2ccccc2)n1)OC(C)C. The van der Waals surface area contributed by atoms with Crippen LogP contribution in [0.4, 0.5) is 5.82 Å². The maximum absolute atomic E-state index is 14.3. The molecule has 5 aromatic rings. The molecule has 0 aliphatic carbocycles. The molecule has 5 rings (SSSR count). The van der Waals surface area contributed by atoms with E-state index in [1.807, 2.05) is 94.7 Å². The standard InChI is InChI=1S/C37H37N7O3/c1-6-31(47-24(2)3)17-11-14-29-23-39-35(38)34(41-29)36(45)40-25(4)32-22-27-13-10-12-26(18-19-28-20-21-43(5)42-28)33(27)37(46)44(32)30-15-8-7-9-16-30/h6-17,20-25,36,40,45H,1H2,2-5H3,(H2,38,39)/b14-11+,31-17+/t25-,36?/m1/s1. The third kappa shape index (κ3) is 7.73. The van der Waals surface area contributed by atoms with Gasteiger partial charge in [-0.15, -0.1) is 0 Å². The minimum absolute atomic E-state index is 0.00700.